The normalized spacial score (nSPS) is 11.7. The van der Waals surface area contributed by atoms with Gasteiger partial charge >= 0.3 is 171 Å². The van der Waals surface area contributed by atoms with Gasteiger partial charge in [0.1, 0.15) is 5.58 Å². The standard InChI is InChI=1S/C31H19N2O.C26H28GeN.Ir/c1-2-9-21(10-3-1)22-17-19-23(20-18-22)33-28-15-6-5-14-27(28)32-31(33)26-13-8-12-25-24-11-4-7-16-29(24)34-30(25)26;1-18(2)15-20-16-26(28-17-25(20)27(3,4)5)24-12-8-11-22-21-10-7-6-9-19(21)13-14-23(22)24;/h1-12,14-20H;6-11,13-14,16-18H,15H2,1-5H3;/q2*-1;. The van der Waals surface area contributed by atoms with E-state index in [-0.39, 0.29) is 20.1 Å². The van der Waals surface area contributed by atoms with Crippen LogP contribution < -0.4 is 4.40 Å². The number of hydrogen-bond donors (Lipinski definition) is 0. The first-order chi connectivity index (χ1) is 30.2. The van der Waals surface area contributed by atoms with Gasteiger partial charge in [-0.15, -0.1) is 18.2 Å². The van der Waals surface area contributed by atoms with Crippen molar-refractivity contribution >= 4 is 72.2 Å². The fourth-order valence-electron chi connectivity index (χ4n) is 8.85. The van der Waals surface area contributed by atoms with Crippen molar-refractivity contribution in [1.29, 1.82) is 0 Å². The maximum absolute atomic E-state index is 6.32. The number of rotatable bonds is 7. The average molecular weight is 1050 g/mol. The van der Waals surface area contributed by atoms with Crippen LogP contribution >= 0.6 is 0 Å². The minimum atomic E-state index is -1.96. The van der Waals surface area contributed by atoms with E-state index in [2.05, 4.69) is 169 Å². The molecule has 3 heterocycles. The summed E-state index contributed by atoms with van der Waals surface area (Å²) in [5.41, 5.74) is 11.6. The predicted molar refractivity (Wildman–Crippen MR) is 263 cm³/mol. The fourth-order valence-corrected chi connectivity index (χ4v) is 12.2. The van der Waals surface area contributed by atoms with Crippen molar-refractivity contribution < 1.29 is 24.5 Å². The molecule has 0 aliphatic carbocycles. The van der Waals surface area contributed by atoms with Crippen LogP contribution in [0, 0.1) is 18.1 Å². The number of nitrogens with zero attached hydrogens (tertiary/aromatic N) is 3. The number of furan rings is 1. The van der Waals surface area contributed by atoms with Crippen LogP contribution in [0.4, 0.5) is 0 Å². The molecule has 0 aliphatic rings. The quantitative estimate of drug-likeness (QED) is 0.0908. The van der Waals surface area contributed by atoms with Crippen molar-refractivity contribution in [2.75, 3.05) is 0 Å². The second-order valence-electron chi connectivity index (χ2n) is 17.5. The van der Waals surface area contributed by atoms with Gasteiger partial charge < -0.3 is 8.98 Å². The molecule has 4 nitrogen and oxygen atoms in total. The van der Waals surface area contributed by atoms with Crippen LogP contribution in [0.25, 0.3) is 94.0 Å². The second-order valence-corrected chi connectivity index (χ2v) is 28.1. The number of imidazole rings is 1. The molecule has 0 N–H and O–H groups in total. The van der Waals surface area contributed by atoms with E-state index >= 15 is 0 Å². The molecule has 3 aromatic heterocycles. The Kier molecular flexibility index (Phi) is 11.8. The van der Waals surface area contributed by atoms with Crippen LogP contribution in [0.1, 0.15) is 19.4 Å². The molecule has 0 unspecified atom stereocenters. The van der Waals surface area contributed by atoms with E-state index in [0.29, 0.717) is 5.92 Å². The van der Waals surface area contributed by atoms with Crippen LogP contribution in [0.2, 0.25) is 17.3 Å². The van der Waals surface area contributed by atoms with Gasteiger partial charge in [-0.25, -0.2) is 0 Å². The molecule has 311 valence electrons. The van der Waals surface area contributed by atoms with E-state index in [4.69, 9.17) is 14.4 Å². The minimum Gasteiger partial charge on any atom is -0.501 e. The summed E-state index contributed by atoms with van der Waals surface area (Å²) >= 11 is -1.96. The van der Waals surface area contributed by atoms with Crippen LogP contribution in [0.5, 0.6) is 0 Å². The van der Waals surface area contributed by atoms with Crippen molar-refractivity contribution in [3.63, 3.8) is 0 Å². The van der Waals surface area contributed by atoms with Gasteiger partial charge in [-0.1, -0.05) is 83.7 Å². The van der Waals surface area contributed by atoms with Crippen LogP contribution in [0.3, 0.4) is 0 Å². The summed E-state index contributed by atoms with van der Waals surface area (Å²) in [6.07, 6.45) is 3.28. The summed E-state index contributed by atoms with van der Waals surface area (Å²) in [7, 11) is 0. The zero-order chi connectivity index (χ0) is 42.4. The molecule has 0 fully saturated rings. The number of hydrogen-bond acceptors (Lipinski definition) is 3. The number of pyridine rings is 1. The van der Waals surface area contributed by atoms with Crippen LogP contribution in [-0.2, 0) is 26.5 Å². The molecule has 11 rings (SSSR count). The average Bonchev–Trinajstić information content (AvgIpc) is 3.88. The zero-order valence-electron chi connectivity index (χ0n) is 36.1. The van der Waals surface area contributed by atoms with Crippen molar-refractivity contribution in [2.24, 2.45) is 5.92 Å². The zero-order valence-corrected chi connectivity index (χ0v) is 40.6. The summed E-state index contributed by atoms with van der Waals surface area (Å²) < 4.78 is 10.0. The molecule has 0 atom stereocenters. The number of aromatic nitrogens is 3. The molecule has 0 bridgehead atoms. The van der Waals surface area contributed by atoms with E-state index in [1.54, 1.807) is 0 Å². The van der Waals surface area contributed by atoms with E-state index in [0.717, 1.165) is 67.7 Å². The molecule has 11 aromatic rings. The Labute approximate surface area is 385 Å². The molecule has 0 aliphatic heterocycles. The maximum atomic E-state index is 6.32. The first-order valence-corrected chi connectivity index (χ1v) is 28.8. The topological polar surface area (TPSA) is 43.9 Å². The van der Waals surface area contributed by atoms with E-state index in [1.807, 2.05) is 54.6 Å². The van der Waals surface area contributed by atoms with Crippen molar-refractivity contribution in [3.8, 4) is 39.5 Å². The van der Waals surface area contributed by atoms with Crippen molar-refractivity contribution in [1.82, 2.24) is 14.5 Å². The van der Waals surface area contributed by atoms with Gasteiger partial charge in [0, 0.05) is 31.2 Å². The van der Waals surface area contributed by atoms with Gasteiger partial charge in [0.2, 0.25) is 0 Å². The van der Waals surface area contributed by atoms with E-state index in [1.165, 1.54) is 42.6 Å². The summed E-state index contributed by atoms with van der Waals surface area (Å²) in [6, 6.07) is 65.9. The van der Waals surface area contributed by atoms with Crippen LogP contribution in [0.15, 0.2) is 180 Å². The summed E-state index contributed by atoms with van der Waals surface area (Å²) in [5.74, 6) is 8.82. The summed E-state index contributed by atoms with van der Waals surface area (Å²) in [4.78, 5) is 9.96. The maximum Gasteiger partial charge on any atom is 0.120 e. The molecule has 1 radical (unpaired) electrons. The molecule has 63 heavy (non-hydrogen) atoms. The Morgan fingerprint density at radius 1 is 0.619 bits per heavy atom. The molecule has 0 saturated carbocycles. The molecular weight excluding hydrogens is 1010 g/mol. The number of fused-ring (bicyclic) bond motifs is 7. The SMILES string of the molecule is CC(C)Cc1cc(-c2[c-]ccc3c2ccc2ccccc23)nc[c]1[Ge]([CH3])([CH3])[CH3].[Ir].[c-]1ccc2c(oc3ccccc32)c1-c1nc2ccccc2n1-c1ccc(-c2ccccc2)cc1. The third kappa shape index (κ3) is 8.18. The Bertz CT molecular complexity index is 3400. The largest absolute Gasteiger partial charge is 0.501 e. The third-order valence-electron chi connectivity index (χ3n) is 11.8. The van der Waals surface area contributed by atoms with Gasteiger partial charge in [0.15, 0.2) is 0 Å². The molecule has 0 saturated heterocycles. The Hall–Kier alpha value is -6.11. The first-order valence-electron chi connectivity index (χ1n) is 21.5. The van der Waals surface area contributed by atoms with Crippen molar-refractivity contribution in [3.05, 3.63) is 194 Å². The van der Waals surface area contributed by atoms with Gasteiger partial charge in [0.25, 0.3) is 0 Å². The summed E-state index contributed by atoms with van der Waals surface area (Å²) in [6.45, 7) is 4.60. The summed E-state index contributed by atoms with van der Waals surface area (Å²) in [5, 5.41) is 7.24. The number of para-hydroxylation sites is 3. The van der Waals surface area contributed by atoms with E-state index in [9.17, 15) is 0 Å². The molecular formula is C57H47GeIrN3O-2. The molecule has 0 spiro atoms. The Morgan fingerprint density at radius 3 is 2.06 bits per heavy atom. The minimum absolute atomic E-state index is 0. The second kappa shape index (κ2) is 17.6. The molecule has 6 heteroatoms. The first kappa shape index (κ1) is 42.2. The fraction of sp³-hybridized carbons (Fsp3) is 0.123. The van der Waals surface area contributed by atoms with Gasteiger partial charge in [-0.3, -0.25) is 4.98 Å². The Morgan fingerprint density at radius 2 is 1.29 bits per heavy atom. The third-order valence-corrected chi connectivity index (χ3v) is 16.1. The van der Waals surface area contributed by atoms with Gasteiger partial charge in [-0.2, -0.15) is 0 Å². The van der Waals surface area contributed by atoms with E-state index < -0.39 is 13.3 Å². The van der Waals surface area contributed by atoms with Crippen LogP contribution in [-0.4, -0.2) is 27.8 Å². The Balaban J connectivity index is 0.000000161. The predicted octanol–water partition coefficient (Wildman–Crippen LogP) is 14.7. The van der Waals surface area contributed by atoms with Gasteiger partial charge in [-0.05, 0) is 41.5 Å². The molecule has 8 aromatic carbocycles. The smallest absolute Gasteiger partial charge is 0.120 e. The number of benzene rings is 8. The van der Waals surface area contributed by atoms with Crippen molar-refractivity contribution in [2.45, 2.75) is 37.5 Å². The van der Waals surface area contributed by atoms with Gasteiger partial charge in [0.05, 0.1) is 22.4 Å². The molecule has 0 amide bonds. The monoisotopic (exact) mass is 1060 g/mol.